The Morgan fingerprint density at radius 3 is 2.62 bits per heavy atom. The second-order valence-electron chi connectivity index (χ2n) is 8.10. The van der Waals surface area contributed by atoms with Crippen LogP contribution in [0.25, 0.3) is 0 Å². The van der Waals surface area contributed by atoms with Gasteiger partial charge in [-0.3, -0.25) is 9.59 Å². The molecule has 1 saturated carbocycles. The zero-order chi connectivity index (χ0) is 16.6. The number of amides is 2. The van der Waals surface area contributed by atoms with Crippen molar-refractivity contribution in [3.05, 3.63) is 0 Å². The van der Waals surface area contributed by atoms with Crippen molar-refractivity contribution in [1.82, 2.24) is 9.80 Å². The van der Waals surface area contributed by atoms with Gasteiger partial charge in [0.2, 0.25) is 11.8 Å². The SMILES string of the molecule is CC(C)CC(C(=O)N1CC2CCC(N)C2C1)N1CCCCC1=O.Cl. The predicted octanol–water partition coefficient (Wildman–Crippen LogP) is 2.03. The van der Waals surface area contributed by atoms with Gasteiger partial charge in [0.25, 0.3) is 0 Å². The van der Waals surface area contributed by atoms with E-state index in [1.165, 1.54) is 0 Å². The van der Waals surface area contributed by atoms with Gasteiger partial charge in [0.05, 0.1) is 0 Å². The summed E-state index contributed by atoms with van der Waals surface area (Å²) in [5, 5.41) is 0. The van der Waals surface area contributed by atoms with Gasteiger partial charge >= 0.3 is 0 Å². The zero-order valence-electron chi connectivity index (χ0n) is 14.9. The normalized spacial score (nSPS) is 31.2. The maximum absolute atomic E-state index is 13.2. The summed E-state index contributed by atoms with van der Waals surface area (Å²) in [6, 6.07) is -0.0178. The van der Waals surface area contributed by atoms with Crippen molar-refractivity contribution in [3.8, 4) is 0 Å². The van der Waals surface area contributed by atoms with Gasteiger partial charge in [-0.2, -0.15) is 0 Å². The molecule has 0 aromatic carbocycles. The molecule has 4 unspecified atom stereocenters. The Labute approximate surface area is 151 Å². The van der Waals surface area contributed by atoms with Crippen molar-refractivity contribution >= 4 is 24.2 Å². The highest BCUT2D eigenvalue weighted by atomic mass is 35.5. The molecule has 2 aliphatic heterocycles. The molecule has 24 heavy (non-hydrogen) atoms. The molecule has 0 radical (unpaired) electrons. The molecule has 138 valence electrons. The highest BCUT2D eigenvalue weighted by Crippen LogP contribution is 2.37. The van der Waals surface area contributed by atoms with Crippen molar-refractivity contribution in [1.29, 1.82) is 0 Å². The highest BCUT2D eigenvalue weighted by molar-refractivity contribution is 5.88. The lowest BCUT2D eigenvalue weighted by atomic mass is 9.98. The molecule has 2 heterocycles. The predicted molar refractivity (Wildman–Crippen MR) is 96.8 cm³/mol. The maximum atomic E-state index is 13.2. The lowest BCUT2D eigenvalue weighted by molar-refractivity contribution is -0.147. The summed E-state index contributed by atoms with van der Waals surface area (Å²) in [5.41, 5.74) is 6.20. The molecule has 3 fully saturated rings. The largest absolute Gasteiger partial charge is 0.340 e. The van der Waals surface area contributed by atoms with Gasteiger partial charge in [-0.25, -0.2) is 0 Å². The number of halogens is 1. The third kappa shape index (κ3) is 3.88. The first-order valence-corrected chi connectivity index (χ1v) is 9.31. The molecule has 0 aromatic heterocycles. The summed E-state index contributed by atoms with van der Waals surface area (Å²) in [6.45, 7) is 6.63. The molecule has 3 aliphatic rings. The third-order valence-corrected chi connectivity index (χ3v) is 5.94. The average Bonchev–Trinajstić information content (AvgIpc) is 3.07. The van der Waals surface area contributed by atoms with Crippen LogP contribution in [0.1, 0.15) is 52.4 Å². The maximum Gasteiger partial charge on any atom is 0.245 e. The van der Waals surface area contributed by atoms with E-state index in [1.54, 1.807) is 0 Å². The van der Waals surface area contributed by atoms with E-state index >= 15 is 0 Å². The van der Waals surface area contributed by atoms with Crippen LogP contribution in [-0.2, 0) is 9.59 Å². The molecule has 4 atom stereocenters. The third-order valence-electron chi connectivity index (χ3n) is 5.94. The van der Waals surface area contributed by atoms with E-state index in [9.17, 15) is 9.59 Å². The van der Waals surface area contributed by atoms with Gasteiger partial charge in [-0.05, 0) is 49.9 Å². The molecule has 5 nitrogen and oxygen atoms in total. The quantitative estimate of drug-likeness (QED) is 0.837. The van der Waals surface area contributed by atoms with Crippen LogP contribution in [0.15, 0.2) is 0 Å². The van der Waals surface area contributed by atoms with Crippen LogP contribution in [0.4, 0.5) is 0 Å². The Balaban J connectivity index is 0.00000208. The standard InChI is InChI=1S/C18H31N3O2.ClH/c1-12(2)9-16(21-8-4-3-5-17(21)22)18(23)20-10-13-6-7-15(19)14(13)11-20;/h12-16H,3-11,19H2,1-2H3;1H. The number of hydrogen-bond acceptors (Lipinski definition) is 3. The van der Waals surface area contributed by atoms with Crippen molar-refractivity contribution in [2.24, 2.45) is 23.5 Å². The molecule has 2 N–H and O–H groups in total. The van der Waals surface area contributed by atoms with Crippen LogP contribution in [0.2, 0.25) is 0 Å². The van der Waals surface area contributed by atoms with E-state index in [1.807, 2.05) is 9.80 Å². The Bertz CT molecular complexity index is 471. The van der Waals surface area contributed by atoms with Crippen LogP contribution >= 0.6 is 12.4 Å². The number of carbonyl (C=O) groups excluding carboxylic acids is 2. The smallest absolute Gasteiger partial charge is 0.245 e. The number of piperidine rings is 1. The van der Waals surface area contributed by atoms with Crippen LogP contribution in [0, 0.1) is 17.8 Å². The first-order chi connectivity index (χ1) is 11.0. The molecule has 2 amide bonds. The topological polar surface area (TPSA) is 66.6 Å². The Hall–Kier alpha value is -0.810. The van der Waals surface area contributed by atoms with Gasteiger partial charge in [0.15, 0.2) is 0 Å². The number of nitrogens with zero attached hydrogens (tertiary/aromatic N) is 2. The number of nitrogens with two attached hydrogens (primary N) is 1. The van der Waals surface area contributed by atoms with E-state index in [-0.39, 0.29) is 36.3 Å². The van der Waals surface area contributed by atoms with Crippen molar-refractivity contribution < 1.29 is 9.59 Å². The van der Waals surface area contributed by atoms with E-state index in [0.29, 0.717) is 24.2 Å². The van der Waals surface area contributed by atoms with Crippen molar-refractivity contribution in [3.63, 3.8) is 0 Å². The summed E-state index contributed by atoms with van der Waals surface area (Å²) in [4.78, 5) is 29.3. The highest BCUT2D eigenvalue weighted by Gasteiger charge is 2.45. The molecular weight excluding hydrogens is 326 g/mol. The zero-order valence-corrected chi connectivity index (χ0v) is 15.8. The molecular formula is C18H32ClN3O2. The number of likely N-dealkylation sites (tertiary alicyclic amines) is 2. The summed E-state index contributed by atoms with van der Waals surface area (Å²) in [5.74, 6) is 1.77. The van der Waals surface area contributed by atoms with Crippen LogP contribution in [0.3, 0.4) is 0 Å². The number of rotatable bonds is 4. The summed E-state index contributed by atoms with van der Waals surface area (Å²) < 4.78 is 0. The first-order valence-electron chi connectivity index (χ1n) is 9.31. The fourth-order valence-corrected chi connectivity index (χ4v) is 4.66. The minimum atomic E-state index is -0.266. The van der Waals surface area contributed by atoms with Crippen LogP contribution in [0.5, 0.6) is 0 Å². The molecule has 0 aromatic rings. The summed E-state index contributed by atoms with van der Waals surface area (Å²) in [6.07, 6.45) is 5.58. The Morgan fingerprint density at radius 1 is 1.25 bits per heavy atom. The first kappa shape index (κ1) is 19.5. The molecule has 3 rings (SSSR count). The van der Waals surface area contributed by atoms with E-state index in [4.69, 9.17) is 5.73 Å². The van der Waals surface area contributed by atoms with Crippen molar-refractivity contribution in [2.45, 2.75) is 64.5 Å². The van der Waals surface area contributed by atoms with Gasteiger partial charge in [-0.15, -0.1) is 12.4 Å². The lowest BCUT2D eigenvalue weighted by Gasteiger charge is -2.37. The fraction of sp³-hybridized carbons (Fsp3) is 0.889. The average molecular weight is 358 g/mol. The fourth-order valence-electron chi connectivity index (χ4n) is 4.66. The lowest BCUT2D eigenvalue weighted by Crippen LogP contribution is -2.52. The second kappa shape index (κ2) is 8.05. The summed E-state index contributed by atoms with van der Waals surface area (Å²) in [7, 11) is 0. The van der Waals surface area contributed by atoms with Gasteiger partial charge in [0, 0.05) is 32.1 Å². The monoisotopic (exact) mass is 357 g/mol. The number of hydrogen-bond donors (Lipinski definition) is 1. The second-order valence-corrected chi connectivity index (χ2v) is 8.10. The summed E-state index contributed by atoms with van der Waals surface area (Å²) >= 11 is 0. The number of carbonyl (C=O) groups is 2. The van der Waals surface area contributed by atoms with E-state index in [0.717, 1.165) is 51.7 Å². The Morgan fingerprint density at radius 2 is 2.00 bits per heavy atom. The van der Waals surface area contributed by atoms with Crippen LogP contribution in [-0.4, -0.2) is 53.3 Å². The molecule has 6 heteroatoms. The minimum Gasteiger partial charge on any atom is -0.340 e. The molecule has 2 saturated heterocycles. The van der Waals surface area contributed by atoms with Gasteiger partial charge in [0.1, 0.15) is 6.04 Å². The van der Waals surface area contributed by atoms with E-state index < -0.39 is 0 Å². The number of fused-ring (bicyclic) bond motifs is 1. The van der Waals surface area contributed by atoms with E-state index in [2.05, 4.69) is 13.8 Å². The molecule has 1 aliphatic carbocycles. The molecule has 0 bridgehead atoms. The van der Waals surface area contributed by atoms with Gasteiger partial charge in [-0.1, -0.05) is 13.8 Å². The molecule has 0 spiro atoms. The van der Waals surface area contributed by atoms with Crippen molar-refractivity contribution in [2.75, 3.05) is 19.6 Å². The minimum absolute atomic E-state index is 0. The van der Waals surface area contributed by atoms with Crippen LogP contribution < -0.4 is 5.73 Å². The van der Waals surface area contributed by atoms with Gasteiger partial charge < -0.3 is 15.5 Å². The Kier molecular flexibility index (Phi) is 6.54.